The van der Waals surface area contributed by atoms with E-state index in [0.717, 1.165) is 44.0 Å². The number of carbonyl (C=O) groups excluding carboxylic acids is 1. The summed E-state index contributed by atoms with van der Waals surface area (Å²) in [6, 6.07) is 3.85. The topological polar surface area (TPSA) is 56.7 Å². The fraction of sp³-hybridized carbons (Fsp3) is 0.538. The molecule has 2 heterocycles. The van der Waals surface area contributed by atoms with Crippen LogP contribution in [0.4, 0.5) is 5.82 Å². The maximum Gasteiger partial charge on any atom is 0.209 e. The third-order valence-electron chi connectivity index (χ3n) is 3.33. The Morgan fingerprint density at radius 2 is 2.11 bits per heavy atom. The molecule has 5 heteroatoms. The van der Waals surface area contributed by atoms with E-state index >= 15 is 0 Å². The number of aliphatic hydroxyl groups is 1. The molecule has 98 valence electrons. The van der Waals surface area contributed by atoms with Gasteiger partial charge in [0, 0.05) is 32.4 Å². The van der Waals surface area contributed by atoms with Crippen molar-refractivity contribution in [3.63, 3.8) is 0 Å². The van der Waals surface area contributed by atoms with E-state index in [-0.39, 0.29) is 0 Å². The molecule has 0 radical (unpaired) electrons. The minimum absolute atomic E-state index is 0.432. The van der Waals surface area contributed by atoms with Crippen molar-refractivity contribution in [1.82, 2.24) is 9.88 Å². The van der Waals surface area contributed by atoms with Crippen LogP contribution in [-0.4, -0.2) is 47.6 Å². The molecule has 0 aliphatic carbocycles. The molecule has 1 atom stereocenters. The monoisotopic (exact) mass is 249 g/mol. The van der Waals surface area contributed by atoms with Crippen LogP contribution in [0, 0.1) is 0 Å². The Bertz CT molecular complexity index is 386. The predicted molar refractivity (Wildman–Crippen MR) is 69.3 cm³/mol. The number of rotatable bonds is 4. The molecule has 18 heavy (non-hydrogen) atoms. The minimum Gasteiger partial charge on any atom is -0.388 e. The van der Waals surface area contributed by atoms with Gasteiger partial charge in [0.2, 0.25) is 6.41 Å². The number of hydrogen-bond acceptors (Lipinski definition) is 4. The maximum atomic E-state index is 10.6. The Morgan fingerprint density at radius 3 is 2.61 bits per heavy atom. The summed E-state index contributed by atoms with van der Waals surface area (Å²) in [7, 11) is 0. The normalized spacial score (nSPS) is 17.7. The Kier molecular flexibility index (Phi) is 4.15. The third-order valence-corrected chi connectivity index (χ3v) is 3.33. The molecule has 5 nitrogen and oxygen atoms in total. The Balaban J connectivity index is 2.00. The Morgan fingerprint density at radius 1 is 1.39 bits per heavy atom. The molecule has 1 unspecified atom stereocenters. The van der Waals surface area contributed by atoms with Crippen molar-refractivity contribution in [2.45, 2.75) is 19.4 Å². The second-order valence-electron chi connectivity index (χ2n) is 4.50. The van der Waals surface area contributed by atoms with Gasteiger partial charge >= 0.3 is 0 Å². The molecular weight excluding hydrogens is 230 g/mol. The van der Waals surface area contributed by atoms with E-state index in [0.29, 0.717) is 6.42 Å². The van der Waals surface area contributed by atoms with Crippen molar-refractivity contribution < 1.29 is 9.90 Å². The molecule has 0 aromatic carbocycles. The number of aromatic nitrogens is 1. The molecule has 0 bridgehead atoms. The molecule has 1 amide bonds. The van der Waals surface area contributed by atoms with Crippen LogP contribution in [0.3, 0.4) is 0 Å². The fourth-order valence-corrected chi connectivity index (χ4v) is 2.07. The van der Waals surface area contributed by atoms with Crippen molar-refractivity contribution in [2.24, 2.45) is 0 Å². The Hall–Kier alpha value is -1.62. The molecule has 1 saturated heterocycles. The number of pyridine rings is 1. The number of anilines is 1. The second kappa shape index (κ2) is 5.82. The van der Waals surface area contributed by atoms with Gasteiger partial charge in [0.1, 0.15) is 5.82 Å². The quantitative estimate of drug-likeness (QED) is 0.802. The van der Waals surface area contributed by atoms with Gasteiger partial charge in [0.05, 0.1) is 6.10 Å². The van der Waals surface area contributed by atoms with Crippen LogP contribution in [0.2, 0.25) is 0 Å². The lowest BCUT2D eigenvalue weighted by molar-refractivity contribution is -0.118. The second-order valence-corrected chi connectivity index (χ2v) is 4.50. The first-order valence-electron chi connectivity index (χ1n) is 6.33. The summed E-state index contributed by atoms with van der Waals surface area (Å²) in [5.74, 6) is 0.910. The highest BCUT2D eigenvalue weighted by molar-refractivity contribution is 5.49. The molecule has 0 spiro atoms. The third kappa shape index (κ3) is 2.79. The van der Waals surface area contributed by atoms with Crippen molar-refractivity contribution in [1.29, 1.82) is 0 Å². The molecular formula is C13H19N3O2. The first-order chi connectivity index (χ1) is 8.74. The maximum absolute atomic E-state index is 10.6. The smallest absolute Gasteiger partial charge is 0.209 e. The van der Waals surface area contributed by atoms with Gasteiger partial charge < -0.3 is 14.9 Å². The lowest BCUT2D eigenvalue weighted by Gasteiger charge is -2.33. The van der Waals surface area contributed by atoms with E-state index in [4.69, 9.17) is 0 Å². The van der Waals surface area contributed by atoms with Crippen LogP contribution in [-0.2, 0) is 4.79 Å². The fourth-order valence-electron chi connectivity index (χ4n) is 2.07. The van der Waals surface area contributed by atoms with E-state index < -0.39 is 6.10 Å². The zero-order chi connectivity index (χ0) is 13.0. The highest BCUT2D eigenvalue weighted by Gasteiger charge is 2.16. The van der Waals surface area contributed by atoms with Gasteiger partial charge in [-0.15, -0.1) is 0 Å². The molecule has 0 saturated carbocycles. The highest BCUT2D eigenvalue weighted by Crippen LogP contribution is 2.19. The lowest BCUT2D eigenvalue weighted by atomic mass is 10.1. The van der Waals surface area contributed by atoms with Crippen molar-refractivity contribution in [3.8, 4) is 0 Å². The molecule has 1 aliphatic rings. The predicted octanol–water partition coefficient (Wildman–Crippen LogP) is 0.803. The number of nitrogens with zero attached hydrogens (tertiary/aromatic N) is 3. The van der Waals surface area contributed by atoms with Gasteiger partial charge in [0.25, 0.3) is 0 Å². The van der Waals surface area contributed by atoms with E-state index in [1.807, 2.05) is 19.1 Å². The van der Waals surface area contributed by atoms with Crippen LogP contribution in [0.1, 0.15) is 25.0 Å². The average molecular weight is 249 g/mol. The summed E-state index contributed by atoms with van der Waals surface area (Å²) in [5, 5.41) is 9.70. The first-order valence-corrected chi connectivity index (χ1v) is 6.33. The van der Waals surface area contributed by atoms with Crippen LogP contribution in [0.25, 0.3) is 0 Å². The van der Waals surface area contributed by atoms with Gasteiger partial charge in [-0.05, 0) is 18.1 Å². The van der Waals surface area contributed by atoms with Crippen molar-refractivity contribution in [3.05, 3.63) is 23.9 Å². The largest absolute Gasteiger partial charge is 0.388 e. The summed E-state index contributed by atoms with van der Waals surface area (Å²) < 4.78 is 0. The zero-order valence-electron chi connectivity index (χ0n) is 10.6. The Labute approximate surface area is 107 Å². The minimum atomic E-state index is -0.432. The molecule has 1 N–H and O–H groups in total. The lowest BCUT2D eigenvalue weighted by Crippen LogP contribution is -2.46. The van der Waals surface area contributed by atoms with Crippen molar-refractivity contribution in [2.75, 3.05) is 31.1 Å². The summed E-state index contributed by atoms with van der Waals surface area (Å²) in [4.78, 5) is 18.9. The van der Waals surface area contributed by atoms with E-state index in [1.54, 1.807) is 11.1 Å². The average Bonchev–Trinajstić information content (AvgIpc) is 2.47. The summed E-state index contributed by atoms with van der Waals surface area (Å²) in [5.41, 5.74) is 0.854. The van der Waals surface area contributed by atoms with Crippen LogP contribution < -0.4 is 4.90 Å². The standard InChI is InChI=1S/C13H19N3O2/c1-2-12(18)11-3-4-13(14-9-11)16-7-5-15(10-17)6-8-16/h3-4,9-10,12,18H,2,5-8H2,1H3. The number of hydrogen-bond donors (Lipinski definition) is 1. The number of amides is 1. The van der Waals surface area contributed by atoms with Gasteiger partial charge in [-0.1, -0.05) is 13.0 Å². The first kappa shape index (κ1) is 12.8. The van der Waals surface area contributed by atoms with Gasteiger partial charge in [-0.25, -0.2) is 4.98 Å². The highest BCUT2D eigenvalue weighted by atomic mass is 16.3. The number of carbonyl (C=O) groups is 1. The van der Waals surface area contributed by atoms with Crippen LogP contribution in [0.5, 0.6) is 0 Å². The van der Waals surface area contributed by atoms with E-state index in [2.05, 4.69) is 9.88 Å². The number of piperazine rings is 1. The zero-order valence-corrected chi connectivity index (χ0v) is 10.6. The van der Waals surface area contributed by atoms with Crippen LogP contribution >= 0.6 is 0 Å². The molecule has 1 aliphatic heterocycles. The SMILES string of the molecule is CCC(O)c1ccc(N2CCN(C=O)CC2)nc1. The van der Waals surface area contributed by atoms with E-state index in [1.165, 1.54) is 0 Å². The summed E-state index contributed by atoms with van der Waals surface area (Å²) in [6.07, 6.45) is 2.89. The molecule has 1 aromatic rings. The molecule has 1 fully saturated rings. The molecule has 1 aromatic heterocycles. The summed E-state index contributed by atoms with van der Waals surface area (Å²) >= 11 is 0. The van der Waals surface area contributed by atoms with E-state index in [9.17, 15) is 9.90 Å². The summed E-state index contributed by atoms with van der Waals surface area (Å²) in [6.45, 7) is 5.04. The van der Waals surface area contributed by atoms with Gasteiger partial charge in [-0.2, -0.15) is 0 Å². The van der Waals surface area contributed by atoms with Gasteiger partial charge in [0.15, 0.2) is 0 Å². The van der Waals surface area contributed by atoms with Crippen LogP contribution in [0.15, 0.2) is 18.3 Å². The van der Waals surface area contributed by atoms with Gasteiger partial charge in [-0.3, -0.25) is 4.79 Å². The molecule has 2 rings (SSSR count). The number of aliphatic hydroxyl groups excluding tert-OH is 1. The van der Waals surface area contributed by atoms with Crippen molar-refractivity contribution >= 4 is 12.2 Å².